The summed E-state index contributed by atoms with van der Waals surface area (Å²) in [7, 11) is 0. The molecule has 0 atom stereocenters. The Labute approximate surface area is 201 Å². The van der Waals surface area contributed by atoms with E-state index in [0.717, 1.165) is 32.9 Å². The van der Waals surface area contributed by atoms with Crippen LogP contribution in [-0.4, -0.2) is 15.0 Å². The minimum atomic E-state index is 0.458. The van der Waals surface area contributed by atoms with Crippen LogP contribution in [0.15, 0.2) is 116 Å². The van der Waals surface area contributed by atoms with E-state index in [2.05, 4.69) is 87.7 Å². The Morgan fingerprint density at radius 3 is 2.03 bits per heavy atom. The van der Waals surface area contributed by atoms with Gasteiger partial charge in [0.15, 0.2) is 0 Å². The second-order valence-corrected chi connectivity index (χ2v) is 8.51. The summed E-state index contributed by atoms with van der Waals surface area (Å²) in [6.07, 6.45) is 8.65. The fourth-order valence-corrected chi connectivity index (χ4v) is 5.08. The van der Waals surface area contributed by atoms with Gasteiger partial charge in [0, 0.05) is 40.9 Å². The first-order chi connectivity index (χ1) is 17.4. The zero-order chi connectivity index (χ0) is 23.2. The average molecular weight is 450 g/mol. The van der Waals surface area contributed by atoms with Gasteiger partial charge in [0.2, 0.25) is 5.88 Å². The molecule has 0 aliphatic carbocycles. The molecule has 0 fully saturated rings. The molecule has 7 aromatic rings. The number of fused-ring (bicyclic) bond motifs is 5. The fourth-order valence-electron chi connectivity index (χ4n) is 5.08. The SMILES string of the molecule is c1ccc2c(c1)cc(-c1c3ccccc3c(Oc3cnccn3)c3ccncc13)c1ccccc12. The lowest BCUT2D eigenvalue weighted by molar-refractivity contribution is 0.470. The number of hydrogen-bond acceptors (Lipinski definition) is 4. The molecule has 0 unspecified atom stereocenters. The average Bonchev–Trinajstić information content (AvgIpc) is 2.93. The maximum atomic E-state index is 6.35. The van der Waals surface area contributed by atoms with Gasteiger partial charge in [-0.3, -0.25) is 9.97 Å². The molecule has 0 aliphatic heterocycles. The predicted molar refractivity (Wildman–Crippen MR) is 142 cm³/mol. The number of rotatable bonds is 3. The first kappa shape index (κ1) is 19.6. The van der Waals surface area contributed by atoms with Crippen LogP contribution in [0.4, 0.5) is 0 Å². The van der Waals surface area contributed by atoms with Gasteiger partial charge >= 0.3 is 0 Å². The van der Waals surface area contributed by atoms with Crippen LogP contribution >= 0.6 is 0 Å². The molecule has 0 radical (unpaired) electrons. The third-order valence-electron chi connectivity index (χ3n) is 6.56. The van der Waals surface area contributed by atoms with Gasteiger partial charge in [0.25, 0.3) is 0 Å². The van der Waals surface area contributed by atoms with Gasteiger partial charge in [-0.1, -0.05) is 72.8 Å². The fraction of sp³-hybridized carbons (Fsp3) is 0. The maximum absolute atomic E-state index is 6.35. The summed E-state index contributed by atoms with van der Waals surface area (Å²) < 4.78 is 6.35. The molecule has 35 heavy (non-hydrogen) atoms. The molecular weight excluding hydrogens is 430 g/mol. The minimum absolute atomic E-state index is 0.458. The van der Waals surface area contributed by atoms with Crippen LogP contribution in [0.3, 0.4) is 0 Å². The zero-order valence-electron chi connectivity index (χ0n) is 18.7. The highest BCUT2D eigenvalue weighted by molar-refractivity contribution is 6.23. The Hall–Kier alpha value is -4.83. The summed E-state index contributed by atoms with van der Waals surface area (Å²) in [5.41, 5.74) is 2.33. The van der Waals surface area contributed by atoms with Crippen molar-refractivity contribution in [1.29, 1.82) is 0 Å². The molecule has 0 saturated carbocycles. The topological polar surface area (TPSA) is 47.9 Å². The number of benzene rings is 5. The van der Waals surface area contributed by atoms with Gasteiger partial charge in [-0.05, 0) is 50.2 Å². The van der Waals surface area contributed by atoms with Gasteiger partial charge in [-0.15, -0.1) is 0 Å². The van der Waals surface area contributed by atoms with E-state index >= 15 is 0 Å². The van der Waals surface area contributed by atoms with Crippen molar-refractivity contribution in [1.82, 2.24) is 15.0 Å². The van der Waals surface area contributed by atoms with Crippen LogP contribution in [0.25, 0.3) is 54.2 Å². The Balaban J connectivity index is 1.64. The van der Waals surface area contributed by atoms with Crippen LogP contribution in [0.1, 0.15) is 0 Å². The lowest BCUT2D eigenvalue weighted by Crippen LogP contribution is -1.95. The lowest BCUT2D eigenvalue weighted by atomic mass is 9.87. The number of aromatic nitrogens is 3. The number of ether oxygens (including phenoxy) is 1. The highest BCUT2D eigenvalue weighted by atomic mass is 16.5. The van der Waals surface area contributed by atoms with Gasteiger partial charge in [0.05, 0.1) is 6.20 Å². The Kier molecular flexibility index (Phi) is 4.42. The first-order valence-corrected chi connectivity index (χ1v) is 11.5. The Bertz CT molecular complexity index is 1820. The van der Waals surface area contributed by atoms with Gasteiger partial charge in [-0.25, -0.2) is 4.98 Å². The van der Waals surface area contributed by atoms with E-state index in [-0.39, 0.29) is 0 Å². The summed E-state index contributed by atoms with van der Waals surface area (Å²) >= 11 is 0. The lowest BCUT2D eigenvalue weighted by Gasteiger charge is -2.18. The van der Waals surface area contributed by atoms with E-state index in [1.165, 1.54) is 27.1 Å². The smallest absolute Gasteiger partial charge is 0.237 e. The number of hydrogen-bond donors (Lipinski definition) is 0. The first-order valence-electron chi connectivity index (χ1n) is 11.5. The van der Waals surface area contributed by atoms with Crippen LogP contribution < -0.4 is 4.74 Å². The number of pyridine rings is 1. The molecule has 0 amide bonds. The van der Waals surface area contributed by atoms with Crippen molar-refractivity contribution in [2.75, 3.05) is 0 Å². The minimum Gasteiger partial charge on any atom is -0.436 e. The molecule has 7 rings (SSSR count). The monoisotopic (exact) mass is 449 g/mol. The molecule has 0 spiro atoms. The van der Waals surface area contributed by atoms with E-state index in [1.54, 1.807) is 18.6 Å². The van der Waals surface area contributed by atoms with Crippen molar-refractivity contribution >= 4 is 43.1 Å². The molecule has 2 aromatic heterocycles. The molecule has 2 heterocycles. The van der Waals surface area contributed by atoms with Crippen LogP contribution in [0, 0.1) is 0 Å². The highest BCUT2D eigenvalue weighted by Crippen LogP contribution is 2.46. The number of nitrogens with zero attached hydrogens (tertiary/aromatic N) is 3. The van der Waals surface area contributed by atoms with Gasteiger partial charge in [0.1, 0.15) is 5.75 Å². The summed E-state index contributed by atoms with van der Waals surface area (Å²) in [5, 5.41) is 9.05. The molecule has 0 N–H and O–H groups in total. The molecule has 164 valence electrons. The molecule has 4 heteroatoms. The molecule has 0 aliphatic rings. The normalized spacial score (nSPS) is 11.4. The Morgan fingerprint density at radius 1 is 0.514 bits per heavy atom. The second kappa shape index (κ2) is 7.89. The molecular formula is C31H19N3O. The van der Waals surface area contributed by atoms with Crippen molar-refractivity contribution < 1.29 is 4.74 Å². The van der Waals surface area contributed by atoms with Crippen molar-refractivity contribution in [3.05, 3.63) is 116 Å². The predicted octanol–water partition coefficient (Wildman–Crippen LogP) is 7.94. The van der Waals surface area contributed by atoms with E-state index < -0.39 is 0 Å². The molecule has 0 bridgehead atoms. The summed E-state index contributed by atoms with van der Waals surface area (Å²) in [5.74, 6) is 1.21. The molecule has 0 saturated heterocycles. The van der Waals surface area contributed by atoms with E-state index in [1.807, 2.05) is 24.5 Å². The highest BCUT2D eigenvalue weighted by Gasteiger charge is 2.19. The third kappa shape index (κ3) is 3.11. The third-order valence-corrected chi connectivity index (χ3v) is 6.56. The van der Waals surface area contributed by atoms with E-state index in [0.29, 0.717) is 5.88 Å². The molecule has 5 aromatic carbocycles. The van der Waals surface area contributed by atoms with Crippen LogP contribution in [-0.2, 0) is 0 Å². The van der Waals surface area contributed by atoms with Crippen molar-refractivity contribution in [3.63, 3.8) is 0 Å². The van der Waals surface area contributed by atoms with Crippen molar-refractivity contribution in [3.8, 4) is 22.8 Å². The Morgan fingerprint density at radius 2 is 1.20 bits per heavy atom. The van der Waals surface area contributed by atoms with E-state index in [9.17, 15) is 0 Å². The largest absolute Gasteiger partial charge is 0.436 e. The van der Waals surface area contributed by atoms with Gasteiger partial charge < -0.3 is 4.74 Å². The summed E-state index contributed by atoms with van der Waals surface area (Å²) in [6.45, 7) is 0. The molecule has 4 nitrogen and oxygen atoms in total. The second-order valence-electron chi connectivity index (χ2n) is 8.51. The van der Waals surface area contributed by atoms with Gasteiger partial charge in [-0.2, -0.15) is 0 Å². The van der Waals surface area contributed by atoms with Crippen LogP contribution in [0.2, 0.25) is 0 Å². The van der Waals surface area contributed by atoms with Crippen molar-refractivity contribution in [2.24, 2.45) is 0 Å². The van der Waals surface area contributed by atoms with Crippen molar-refractivity contribution in [2.45, 2.75) is 0 Å². The zero-order valence-corrected chi connectivity index (χ0v) is 18.7. The summed E-state index contributed by atoms with van der Waals surface area (Å²) in [4.78, 5) is 13.0. The van der Waals surface area contributed by atoms with Crippen LogP contribution in [0.5, 0.6) is 11.6 Å². The maximum Gasteiger partial charge on any atom is 0.237 e. The summed E-state index contributed by atoms with van der Waals surface area (Å²) in [6, 6.07) is 29.9. The quantitative estimate of drug-likeness (QED) is 0.203. The standard InChI is InChI=1S/C31H19N3O/c1-2-8-21-20(7-1)17-27(23-10-4-3-9-22(21)23)30-24-11-5-6-12-25(24)31(26-13-14-32-18-28(26)30)35-29-19-33-15-16-34-29/h1-19H. The van der Waals surface area contributed by atoms with E-state index in [4.69, 9.17) is 4.74 Å².